The molecular weight excluding hydrogens is 219 g/mol. The highest BCUT2D eigenvalue weighted by atomic mass is 19.4. The van der Waals surface area contributed by atoms with Crippen LogP contribution >= 0.6 is 0 Å². The summed E-state index contributed by atoms with van der Waals surface area (Å²) >= 11 is 0. The molecule has 0 aliphatic carbocycles. The average Bonchev–Trinajstić information content (AvgIpc) is 2.63. The van der Waals surface area contributed by atoms with Gasteiger partial charge in [0.25, 0.3) is 0 Å². The van der Waals surface area contributed by atoms with Crippen LogP contribution in [0.25, 0.3) is 0 Å². The number of rotatable bonds is 1. The topological polar surface area (TPSA) is 29.1 Å². The van der Waals surface area contributed by atoms with Gasteiger partial charge in [-0.05, 0) is 18.1 Å². The molecule has 1 N–H and O–H groups in total. The minimum Gasteiger partial charge on any atom is -0.356 e. The van der Waals surface area contributed by atoms with Crippen molar-refractivity contribution in [2.75, 3.05) is 6.54 Å². The van der Waals surface area contributed by atoms with Crippen LogP contribution in [-0.4, -0.2) is 12.5 Å². The van der Waals surface area contributed by atoms with E-state index in [-0.39, 0.29) is 5.91 Å². The molecule has 1 atom stereocenters. The third kappa shape index (κ3) is 2.03. The van der Waals surface area contributed by atoms with Gasteiger partial charge in [0.1, 0.15) is 0 Å². The van der Waals surface area contributed by atoms with Crippen molar-refractivity contribution >= 4 is 5.91 Å². The number of benzene rings is 1. The number of nitrogens with one attached hydrogen (secondary N) is 1. The Kier molecular flexibility index (Phi) is 2.61. The van der Waals surface area contributed by atoms with Gasteiger partial charge in [0, 0.05) is 6.54 Å². The van der Waals surface area contributed by atoms with Crippen LogP contribution in [-0.2, 0) is 11.0 Å². The van der Waals surface area contributed by atoms with Crippen LogP contribution in [0.15, 0.2) is 24.3 Å². The first kappa shape index (κ1) is 11.0. The molecule has 0 radical (unpaired) electrons. The zero-order valence-electron chi connectivity index (χ0n) is 8.34. The molecule has 2 rings (SSSR count). The molecule has 0 spiro atoms. The van der Waals surface area contributed by atoms with E-state index in [1.165, 1.54) is 6.07 Å². The number of alkyl halides is 3. The Bertz CT molecular complexity index is 414. The van der Waals surface area contributed by atoms with Crippen LogP contribution in [0.5, 0.6) is 0 Å². The fourth-order valence-electron chi connectivity index (χ4n) is 1.84. The molecule has 1 unspecified atom stereocenters. The van der Waals surface area contributed by atoms with Gasteiger partial charge in [0.15, 0.2) is 0 Å². The van der Waals surface area contributed by atoms with Crippen LogP contribution in [0.4, 0.5) is 13.2 Å². The normalized spacial score (nSPS) is 20.9. The van der Waals surface area contributed by atoms with Gasteiger partial charge >= 0.3 is 6.18 Å². The van der Waals surface area contributed by atoms with Crippen molar-refractivity contribution in [3.8, 4) is 0 Å². The maximum atomic E-state index is 12.5. The third-order valence-electron chi connectivity index (χ3n) is 2.67. The van der Waals surface area contributed by atoms with Gasteiger partial charge in [-0.25, -0.2) is 0 Å². The maximum absolute atomic E-state index is 12.5. The Morgan fingerprint density at radius 3 is 2.62 bits per heavy atom. The molecule has 0 bridgehead atoms. The summed E-state index contributed by atoms with van der Waals surface area (Å²) in [5.74, 6) is -0.637. The number of carbonyl (C=O) groups is 1. The molecule has 1 aromatic rings. The summed E-state index contributed by atoms with van der Waals surface area (Å²) < 4.78 is 37.4. The summed E-state index contributed by atoms with van der Waals surface area (Å²) in [5, 5.41) is 2.61. The van der Waals surface area contributed by atoms with Crippen molar-refractivity contribution in [3.05, 3.63) is 35.4 Å². The molecule has 1 aliphatic rings. The summed E-state index contributed by atoms with van der Waals surface area (Å²) in [6.45, 7) is 0.528. The van der Waals surface area contributed by atoms with E-state index in [4.69, 9.17) is 0 Å². The second-order valence-corrected chi connectivity index (χ2v) is 3.76. The molecule has 5 heteroatoms. The Hall–Kier alpha value is -1.52. The molecule has 1 aliphatic heterocycles. The first-order valence-corrected chi connectivity index (χ1v) is 4.93. The van der Waals surface area contributed by atoms with E-state index >= 15 is 0 Å². The van der Waals surface area contributed by atoms with Gasteiger partial charge < -0.3 is 5.32 Å². The van der Waals surface area contributed by atoms with E-state index in [1.54, 1.807) is 6.07 Å². The minimum atomic E-state index is -4.36. The van der Waals surface area contributed by atoms with E-state index in [1.807, 2.05) is 0 Å². The Morgan fingerprint density at radius 2 is 2.06 bits per heavy atom. The third-order valence-corrected chi connectivity index (χ3v) is 2.67. The number of halogens is 3. The van der Waals surface area contributed by atoms with Crippen molar-refractivity contribution < 1.29 is 18.0 Å². The molecule has 1 saturated heterocycles. The molecule has 16 heavy (non-hydrogen) atoms. The highest BCUT2D eigenvalue weighted by Crippen LogP contribution is 2.32. The van der Waals surface area contributed by atoms with Crippen LogP contribution in [0.1, 0.15) is 23.5 Å². The van der Waals surface area contributed by atoms with Crippen molar-refractivity contribution in [2.24, 2.45) is 0 Å². The summed E-state index contributed by atoms with van der Waals surface area (Å²) in [5.41, 5.74) is -0.269. The maximum Gasteiger partial charge on any atom is 0.416 e. The lowest BCUT2D eigenvalue weighted by Crippen LogP contribution is -2.18. The molecule has 1 aromatic carbocycles. The van der Waals surface area contributed by atoms with Crippen LogP contribution in [0, 0.1) is 0 Å². The van der Waals surface area contributed by atoms with Crippen molar-refractivity contribution in [2.45, 2.75) is 18.5 Å². The molecule has 86 valence electrons. The van der Waals surface area contributed by atoms with Crippen molar-refractivity contribution in [1.82, 2.24) is 5.32 Å². The summed E-state index contributed by atoms with van der Waals surface area (Å²) in [6.07, 6.45) is -3.80. The molecule has 0 saturated carbocycles. The largest absolute Gasteiger partial charge is 0.416 e. The van der Waals surface area contributed by atoms with Crippen LogP contribution in [0.2, 0.25) is 0 Å². The Balaban J connectivity index is 2.32. The molecule has 1 fully saturated rings. The zero-order chi connectivity index (χ0) is 11.8. The highest BCUT2D eigenvalue weighted by Gasteiger charge is 2.32. The van der Waals surface area contributed by atoms with Crippen LogP contribution in [0.3, 0.4) is 0 Å². The standard InChI is InChI=1S/C11H10F3NO/c12-11(13,14)8-3-1-2-7(6-8)9-4-5-15-10(9)16/h1-3,6,9H,4-5H2,(H,15,16). The summed E-state index contributed by atoms with van der Waals surface area (Å²) in [7, 11) is 0. The van der Waals surface area contributed by atoms with Gasteiger partial charge in [-0.1, -0.05) is 18.2 Å². The quantitative estimate of drug-likeness (QED) is 0.786. The number of amides is 1. The lowest BCUT2D eigenvalue weighted by atomic mass is 9.96. The second-order valence-electron chi connectivity index (χ2n) is 3.76. The molecule has 1 heterocycles. The first-order chi connectivity index (χ1) is 7.48. The van der Waals surface area contributed by atoms with Crippen LogP contribution < -0.4 is 5.32 Å². The van der Waals surface area contributed by atoms with Gasteiger partial charge in [0.2, 0.25) is 5.91 Å². The molecule has 1 amide bonds. The summed E-state index contributed by atoms with van der Waals surface area (Å²) in [4.78, 5) is 11.3. The monoisotopic (exact) mass is 229 g/mol. The predicted molar refractivity (Wildman–Crippen MR) is 51.8 cm³/mol. The van der Waals surface area contributed by atoms with E-state index in [0.29, 0.717) is 18.5 Å². The fraction of sp³-hybridized carbons (Fsp3) is 0.364. The highest BCUT2D eigenvalue weighted by molar-refractivity contribution is 5.85. The van der Waals surface area contributed by atoms with Gasteiger partial charge in [0.05, 0.1) is 11.5 Å². The SMILES string of the molecule is O=C1NCCC1c1cccc(C(F)(F)F)c1. The minimum absolute atomic E-state index is 0.195. The smallest absolute Gasteiger partial charge is 0.356 e. The second kappa shape index (κ2) is 3.81. The fourth-order valence-corrected chi connectivity index (χ4v) is 1.84. The van der Waals surface area contributed by atoms with Gasteiger partial charge in [-0.3, -0.25) is 4.79 Å². The molecule has 0 aromatic heterocycles. The number of carbonyl (C=O) groups excluding carboxylic acids is 1. The Morgan fingerprint density at radius 1 is 1.31 bits per heavy atom. The van der Waals surface area contributed by atoms with Gasteiger partial charge in [-0.15, -0.1) is 0 Å². The van der Waals surface area contributed by atoms with E-state index in [9.17, 15) is 18.0 Å². The summed E-state index contributed by atoms with van der Waals surface area (Å²) in [6, 6.07) is 4.96. The first-order valence-electron chi connectivity index (χ1n) is 4.93. The lowest BCUT2D eigenvalue weighted by molar-refractivity contribution is -0.137. The lowest BCUT2D eigenvalue weighted by Gasteiger charge is -2.11. The van der Waals surface area contributed by atoms with Crippen molar-refractivity contribution in [3.63, 3.8) is 0 Å². The molecule has 2 nitrogen and oxygen atoms in total. The predicted octanol–water partition coefficient (Wildman–Crippen LogP) is 2.31. The van der Waals surface area contributed by atoms with Gasteiger partial charge in [-0.2, -0.15) is 13.2 Å². The van der Waals surface area contributed by atoms with E-state index in [0.717, 1.165) is 12.1 Å². The zero-order valence-corrected chi connectivity index (χ0v) is 8.34. The number of hydrogen-bond donors (Lipinski definition) is 1. The van der Waals surface area contributed by atoms with E-state index in [2.05, 4.69) is 5.32 Å². The van der Waals surface area contributed by atoms with Crippen molar-refractivity contribution in [1.29, 1.82) is 0 Å². The average molecular weight is 229 g/mol. The molecular formula is C11H10F3NO. The van der Waals surface area contributed by atoms with E-state index < -0.39 is 17.7 Å². The Labute approximate surface area is 90.5 Å². The number of hydrogen-bond acceptors (Lipinski definition) is 1.